The van der Waals surface area contributed by atoms with E-state index in [0.29, 0.717) is 29.3 Å². The third kappa shape index (κ3) is 7.60. The lowest BCUT2D eigenvalue weighted by Crippen LogP contribution is -2.39. The molecular weight excluding hydrogens is 408 g/mol. The van der Waals surface area contributed by atoms with E-state index in [1.807, 2.05) is 18.2 Å². The van der Waals surface area contributed by atoms with Crippen molar-refractivity contribution in [1.29, 1.82) is 0 Å². The number of carboxylic acid groups (broad SMARTS) is 1. The standard InChI is InChI=1S/C24H34N4O4/c1-4-6-7-8-10-16-26-24(31)28(3)22-18(17-21(23(29)30)32-5-2)13-14-20(27-22)19-12-9-11-15-25-19/h9,11-15,21H,4-8,10,16-17H2,1-3H3,(H,26,31)(H,29,30)/t21-/m0/s1. The molecule has 0 spiro atoms. The van der Waals surface area contributed by atoms with Crippen molar-refractivity contribution in [2.24, 2.45) is 0 Å². The molecule has 0 unspecified atom stereocenters. The zero-order valence-electron chi connectivity index (χ0n) is 19.2. The predicted octanol–water partition coefficient (Wildman–Crippen LogP) is 4.29. The Balaban J connectivity index is 2.23. The number of urea groups is 1. The average molecular weight is 443 g/mol. The molecule has 2 aromatic heterocycles. The second-order valence-electron chi connectivity index (χ2n) is 7.59. The molecule has 0 aliphatic carbocycles. The predicted molar refractivity (Wildman–Crippen MR) is 125 cm³/mol. The maximum atomic E-state index is 12.8. The minimum absolute atomic E-state index is 0.0998. The van der Waals surface area contributed by atoms with Crippen LogP contribution in [0.2, 0.25) is 0 Å². The fraction of sp³-hybridized carbons (Fsp3) is 0.500. The van der Waals surface area contributed by atoms with Gasteiger partial charge < -0.3 is 15.2 Å². The monoisotopic (exact) mass is 442 g/mol. The summed E-state index contributed by atoms with van der Waals surface area (Å²) in [6, 6.07) is 8.81. The topological polar surface area (TPSA) is 105 Å². The van der Waals surface area contributed by atoms with Crippen LogP contribution in [0.25, 0.3) is 11.4 Å². The highest BCUT2D eigenvalue weighted by molar-refractivity contribution is 5.91. The molecule has 8 heteroatoms. The van der Waals surface area contributed by atoms with Crippen LogP contribution in [0.15, 0.2) is 36.5 Å². The summed E-state index contributed by atoms with van der Waals surface area (Å²) < 4.78 is 5.37. The number of rotatable bonds is 13. The van der Waals surface area contributed by atoms with Gasteiger partial charge in [0.15, 0.2) is 6.10 Å². The van der Waals surface area contributed by atoms with Crippen molar-refractivity contribution in [2.75, 3.05) is 25.1 Å². The highest BCUT2D eigenvalue weighted by Gasteiger charge is 2.24. The van der Waals surface area contributed by atoms with Gasteiger partial charge in [-0.25, -0.2) is 14.6 Å². The first-order valence-electron chi connectivity index (χ1n) is 11.2. The van der Waals surface area contributed by atoms with Crippen LogP contribution in [-0.4, -0.2) is 53.4 Å². The Hall–Kier alpha value is -3.00. The lowest BCUT2D eigenvalue weighted by Gasteiger charge is -2.22. The molecule has 2 heterocycles. The molecule has 2 rings (SSSR count). The van der Waals surface area contributed by atoms with E-state index in [2.05, 4.69) is 22.2 Å². The number of carbonyl (C=O) groups excluding carboxylic acids is 1. The lowest BCUT2D eigenvalue weighted by molar-refractivity contribution is -0.149. The van der Waals surface area contributed by atoms with Crippen molar-refractivity contribution in [3.63, 3.8) is 0 Å². The van der Waals surface area contributed by atoms with Crippen molar-refractivity contribution in [1.82, 2.24) is 15.3 Å². The summed E-state index contributed by atoms with van der Waals surface area (Å²) >= 11 is 0. The summed E-state index contributed by atoms with van der Waals surface area (Å²) in [5.74, 6) is -0.659. The minimum Gasteiger partial charge on any atom is -0.479 e. The number of amides is 2. The summed E-state index contributed by atoms with van der Waals surface area (Å²) in [5, 5.41) is 12.4. The number of carboxylic acids is 1. The van der Waals surface area contributed by atoms with Crippen LogP contribution < -0.4 is 10.2 Å². The Morgan fingerprint density at radius 2 is 1.88 bits per heavy atom. The molecule has 32 heavy (non-hydrogen) atoms. The van der Waals surface area contributed by atoms with Crippen LogP contribution in [0.5, 0.6) is 0 Å². The third-order valence-electron chi connectivity index (χ3n) is 5.11. The molecule has 0 saturated heterocycles. The van der Waals surface area contributed by atoms with Crippen LogP contribution in [-0.2, 0) is 16.0 Å². The molecule has 0 fully saturated rings. The fourth-order valence-corrected chi connectivity index (χ4v) is 3.34. The SMILES string of the molecule is CCCCCCCNC(=O)N(C)c1nc(-c2ccccn2)ccc1C[C@H](OCC)C(=O)O. The first kappa shape index (κ1) is 25.3. The number of aliphatic carboxylic acids is 1. The Labute approximate surface area is 190 Å². The highest BCUT2D eigenvalue weighted by Crippen LogP contribution is 2.24. The van der Waals surface area contributed by atoms with Gasteiger partial charge in [0.25, 0.3) is 0 Å². The first-order valence-corrected chi connectivity index (χ1v) is 11.2. The van der Waals surface area contributed by atoms with Gasteiger partial charge in [0, 0.05) is 32.8 Å². The van der Waals surface area contributed by atoms with Crippen molar-refractivity contribution < 1.29 is 19.4 Å². The molecule has 0 aliphatic heterocycles. The van der Waals surface area contributed by atoms with Crippen molar-refractivity contribution >= 4 is 17.8 Å². The molecular formula is C24H34N4O4. The Morgan fingerprint density at radius 3 is 2.53 bits per heavy atom. The number of nitrogens with one attached hydrogen (secondary N) is 1. The van der Waals surface area contributed by atoms with E-state index >= 15 is 0 Å². The van der Waals surface area contributed by atoms with E-state index in [9.17, 15) is 14.7 Å². The van der Waals surface area contributed by atoms with Gasteiger partial charge >= 0.3 is 12.0 Å². The van der Waals surface area contributed by atoms with E-state index < -0.39 is 12.1 Å². The zero-order valence-corrected chi connectivity index (χ0v) is 19.2. The Kier molecular flexibility index (Phi) is 10.6. The van der Waals surface area contributed by atoms with E-state index in [0.717, 1.165) is 19.3 Å². The number of pyridine rings is 2. The summed E-state index contributed by atoms with van der Waals surface area (Å²) in [7, 11) is 1.64. The van der Waals surface area contributed by atoms with Gasteiger partial charge in [0.2, 0.25) is 0 Å². The average Bonchev–Trinajstić information content (AvgIpc) is 2.81. The van der Waals surface area contributed by atoms with E-state index in [1.165, 1.54) is 17.7 Å². The summed E-state index contributed by atoms with van der Waals surface area (Å²) in [4.78, 5) is 34.8. The molecule has 2 aromatic rings. The number of hydrogen-bond donors (Lipinski definition) is 2. The summed E-state index contributed by atoms with van der Waals surface area (Å²) in [6.45, 7) is 4.78. The van der Waals surface area contributed by atoms with E-state index in [4.69, 9.17) is 4.74 Å². The summed E-state index contributed by atoms with van der Waals surface area (Å²) in [6.07, 6.45) is 6.29. The molecule has 0 aromatic carbocycles. The molecule has 1 atom stereocenters. The molecule has 0 aliphatic rings. The van der Waals surface area contributed by atoms with E-state index in [-0.39, 0.29) is 19.1 Å². The van der Waals surface area contributed by atoms with Crippen LogP contribution in [0, 0.1) is 0 Å². The highest BCUT2D eigenvalue weighted by atomic mass is 16.5. The number of nitrogens with zero attached hydrogens (tertiary/aromatic N) is 3. The fourth-order valence-electron chi connectivity index (χ4n) is 3.34. The van der Waals surface area contributed by atoms with Gasteiger partial charge in [0.05, 0.1) is 11.4 Å². The number of aromatic nitrogens is 2. The quantitative estimate of drug-likeness (QED) is 0.448. The van der Waals surface area contributed by atoms with Crippen LogP contribution >= 0.6 is 0 Å². The van der Waals surface area contributed by atoms with E-state index in [1.54, 1.807) is 32.3 Å². The van der Waals surface area contributed by atoms with Gasteiger partial charge in [-0.15, -0.1) is 0 Å². The van der Waals surface area contributed by atoms with Crippen molar-refractivity contribution in [2.45, 2.75) is 58.5 Å². The molecule has 0 radical (unpaired) electrons. The molecule has 0 saturated carbocycles. The molecule has 0 bridgehead atoms. The second-order valence-corrected chi connectivity index (χ2v) is 7.59. The maximum absolute atomic E-state index is 12.8. The molecule has 8 nitrogen and oxygen atoms in total. The largest absolute Gasteiger partial charge is 0.479 e. The van der Waals surface area contributed by atoms with Gasteiger partial charge in [0.1, 0.15) is 5.82 Å². The lowest BCUT2D eigenvalue weighted by atomic mass is 10.1. The van der Waals surface area contributed by atoms with Crippen LogP contribution in [0.3, 0.4) is 0 Å². The molecule has 2 amide bonds. The van der Waals surface area contributed by atoms with Gasteiger partial charge in [-0.05, 0) is 37.1 Å². The number of carbonyl (C=O) groups is 2. The normalized spacial score (nSPS) is 11.7. The zero-order chi connectivity index (χ0) is 23.3. The minimum atomic E-state index is -1.05. The number of hydrogen-bond acceptors (Lipinski definition) is 5. The van der Waals surface area contributed by atoms with Crippen LogP contribution in [0.1, 0.15) is 51.5 Å². The van der Waals surface area contributed by atoms with Gasteiger partial charge in [-0.1, -0.05) is 44.7 Å². The Bertz CT molecular complexity index is 860. The van der Waals surface area contributed by atoms with Crippen molar-refractivity contribution in [3.05, 3.63) is 42.1 Å². The Morgan fingerprint density at radius 1 is 1.09 bits per heavy atom. The van der Waals surface area contributed by atoms with Crippen LogP contribution in [0.4, 0.5) is 10.6 Å². The molecule has 2 N–H and O–H groups in total. The second kappa shape index (κ2) is 13.4. The number of unbranched alkanes of at least 4 members (excludes halogenated alkanes) is 4. The third-order valence-corrected chi connectivity index (χ3v) is 5.11. The number of ether oxygens (including phenoxy) is 1. The first-order chi connectivity index (χ1) is 15.5. The van der Waals surface area contributed by atoms with Gasteiger partial charge in [-0.3, -0.25) is 9.88 Å². The van der Waals surface area contributed by atoms with Gasteiger partial charge in [-0.2, -0.15) is 0 Å². The van der Waals surface area contributed by atoms with Crippen molar-refractivity contribution in [3.8, 4) is 11.4 Å². The number of anilines is 1. The molecule has 174 valence electrons. The summed E-state index contributed by atoms with van der Waals surface area (Å²) in [5.41, 5.74) is 1.89. The smallest absolute Gasteiger partial charge is 0.333 e. The maximum Gasteiger partial charge on any atom is 0.333 e.